The number of hydrogen-bond donors (Lipinski definition) is 2. The van der Waals surface area contributed by atoms with Gasteiger partial charge in [0.1, 0.15) is 0 Å². The molecule has 0 heterocycles. The number of nitrogens with one attached hydrogen (secondary N) is 2. The quantitative estimate of drug-likeness (QED) is 0.594. The number of halogens is 3. The summed E-state index contributed by atoms with van der Waals surface area (Å²) in [5.74, 6) is -0.356. The van der Waals surface area contributed by atoms with E-state index in [-0.39, 0.29) is 18.2 Å². The number of hydrogen-bond acceptors (Lipinski definition) is 3. The van der Waals surface area contributed by atoms with Crippen LogP contribution >= 0.6 is 0 Å². The van der Waals surface area contributed by atoms with Crippen LogP contribution in [0.1, 0.15) is 25.0 Å². The van der Waals surface area contributed by atoms with Crippen LogP contribution in [-0.4, -0.2) is 18.2 Å². The molecule has 2 aromatic carbocycles. The highest BCUT2D eigenvalue weighted by Gasteiger charge is 2.30. The van der Waals surface area contributed by atoms with Crippen LogP contribution in [-0.2, 0) is 11.0 Å². The maximum Gasteiger partial charge on any atom is 0.416 e. The van der Waals surface area contributed by atoms with Gasteiger partial charge in [0, 0.05) is 5.69 Å². The molecule has 0 aliphatic rings. The van der Waals surface area contributed by atoms with Crippen LogP contribution in [0.5, 0.6) is 0 Å². The van der Waals surface area contributed by atoms with Crippen molar-refractivity contribution in [2.75, 3.05) is 11.9 Å². The predicted molar refractivity (Wildman–Crippen MR) is 95.9 cm³/mol. The van der Waals surface area contributed by atoms with Gasteiger partial charge < -0.3 is 5.32 Å². The molecule has 0 fully saturated rings. The Morgan fingerprint density at radius 1 is 1.08 bits per heavy atom. The molecule has 2 rings (SSSR count). The molecule has 0 radical (unpaired) electrons. The average molecular weight is 363 g/mol. The third-order valence-corrected chi connectivity index (χ3v) is 3.56. The number of amides is 1. The fourth-order valence-corrected chi connectivity index (χ4v) is 2.29. The van der Waals surface area contributed by atoms with Crippen molar-refractivity contribution in [3.05, 3.63) is 65.7 Å². The van der Waals surface area contributed by atoms with Crippen LogP contribution in [0, 0.1) is 5.92 Å². The van der Waals surface area contributed by atoms with Crippen molar-refractivity contribution in [1.29, 1.82) is 0 Å². The van der Waals surface area contributed by atoms with E-state index in [1.165, 1.54) is 12.1 Å². The largest absolute Gasteiger partial charge is 0.416 e. The molecular weight excluding hydrogens is 343 g/mol. The van der Waals surface area contributed by atoms with Crippen LogP contribution in [0.15, 0.2) is 59.7 Å². The third-order valence-electron chi connectivity index (χ3n) is 3.56. The standard InChI is InChI=1S/C19H20F3N3O/c1-13(2)18(14-7-4-3-5-8-14)25-24-17(26)12-23-16-10-6-9-15(11-16)19(20,21)22/h3-11,13,23H,12H2,1-2H3,(H,24,26)/b25-18-. The molecule has 0 unspecified atom stereocenters. The summed E-state index contributed by atoms with van der Waals surface area (Å²) in [6, 6.07) is 14.1. The van der Waals surface area contributed by atoms with Crippen molar-refractivity contribution in [3.8, 4) is 0 Å². The van der Waals surface area contributed by atoms with Gasteiger partial charge in [-0.1, -0.05) is 50.2 Å². The summed E-state index contributed by atoms with van der Waals surface area (Å²) >= 11 is 0. The Balaban J connectivity index is 1.98. The number of rotatable bonds is 6. The van der Waals surface area contributed by atoms with E-state index in [1.54, 1.807) is 0 Å². The normalized spacial score (nSPS) is 12.2. The Kier molecular flexibility index (Phi) is 6.38. The number of hydrazone groups is 1. The first-order valence-corrected chi connectivity index (χ1v) is 8.10. The molecule has 2 aromatic rings. The van der Waals surface area contributed by atoms with Crippen molar-refractivity contribution >= 4 is 17.3 Å². The lowest BCUT2D eigenvalue weighted by atomic mass is 10.0. The van der Waals surface area contributed by atoms with Gasteiger partial charge in [-0.2, -0.15) is 18.3 Å². The Bertz CT molecular complexity index is 771. The minimum atomic E-state index is -4.42. The fraction of sp³-hybridized carbons (Fsp3) is 0.263. The smallest absolute Gasteiger partial charge is 0.376 e. The van der Waals surface area contributed by atoms with E-state index in [0.717, 1.165) is 23.4 Å². The zero-order valence-corrected chi connectivity index (χ0v) is 14.5. The summed E-state index contributed by atoms with van der Waals surface area (Å²) in [4.78, 5) is 12.0. The SMILES string of the molecule is CC(C)/C(=N/NC(=O)CNc1cccc(C(F)(F)F)c1)c1ccccc1. The summed E-state index contributed by atoms with van der Waals surface area (Å²) in [5, 5.41) is 6.83. The molecule has 0 saturated carbocycles. The van der Waals surface area contributed by atoms with E-state index in [9.17, 15) is 18.0 Å². The molecule has 0 aliphatic carbocycles. The lowest BCUT2D eigenvalue weighted by molar-refractivity contribution is -0.137. The van der Waals surface area contributed by atoms with Crippen LogP contribution in [0.3, 0.4) is 0 Å². The van der Waals surface area contributed by atoms with Gasteiger partial charge in [0.25, 0.3) is 5.91 Å². The van der Waals surface area contributed by atoms with E-state index in [2.05, 4.69) is 15.8 Å². The number of carbonyl (C=O) groups is 1. The van der Waals surface area contributed by atoms with Gasteiger partial charge in [0.05, 0.1) is 17.8 Å². The minimum absolute atomic E-state index is 0.0918. The van der Waals surface area contributed by atoms with E-state index in [1.807, 2.05) is 44.2 Å². The third kappa shape index (κ3) is 5.61. The fourth-order valence-electron chi connectivity index (χ4n) is 2.29. The zero-order valence-electron chi connectivity index (χ0n) is 14.5. The molecule has 0 spiro atoms. The Labute approximate surface area is 150 Å². The Morgan fingerprint density at radius 2 is 1.77 bits per heavy atom. The summed E-state index contributed by atoms with van der Waals surface area (Å²) in [6.07, 6.45) is -4.42. The van der Waals surface area contributed by atoms with Gasteiger partial charge in [-0.05, 0) is 29.7 Å². The van der Waals surface area contributed by atoms with Crippen LogP contribution in [0.2, 0.25) is 0 Å². The second-order valence-corrected chi connectivity index (χ2v) is 5.98. The van der Waals surface area contributed by atoms with Gasteiger partial charge >= 0.3 is 6.18 Å². The maximum absolute atomic E-state index is 12.7. The first-order chi connectivity index (χ1) is 12.3. The van der Waals surface area contributed by atoms with Crippen molar-refractivity contribution in [2.45, 2.75) is 20.0 Å². The highest BCUT2D eigenvalue weighted by Crippen LogP contribution is 2.30. The monoisotopic (exact) mass is 363 g/mol. The first kappa shape index (κ1) is 19.5. The highest BCUT2D eigenvalue weighted by atomic mass is 19.4. The molecule has 0 aromatic heterocycles. The predicted octanol–water partition coefficient (Wildman–Crippen LogP) is 4.29. The average Bonchev–Trinajstić information content (AvgIpc) is 2.60. The van der Waals surface area contributed by atoms with Gasteiger partial charge in [-0.15, -0.1) is 0 Å². The lowest BCUT2D eigenvalue weighted by Crippen LogP contribution is -2.28. The molecule has 0 aliphatic heterocycles. The van der Waals surface area contributed by atoms with E-state index in [0.29, 0.717) is 0 Å². The van der Waals surface area contributed by atoms with E-state index in [4.69, 9.17) is 0 Å². The molecule has 0 bridgehead atoms. The summed E-state index contributed by atoms with van der Waals surface area (Å²) in [7, 11) is 0. The molecular formula is C19H20F3N3O. The van der Waals surface area contributed by atoms with Crippen molar-refractivity contribution in [2.24, 2.45) is 11.0 Å². The number of nitrogens with zero attached hydrogens (tertiary/aromatic N) is 1. The molecule has 7 heteroatoms. The zero-order chi connectivity index (χ0) is 19.2. The van der Waals surface area contributed by atoms with E-state index < -0.39 is 17.6 Å². The molecule has 4 nitrogen and oxygen atoms in total. The van der Waals surface area contributed by atoms with Gasteiger partial charge in [0.2, 0.25) is 0 Å². The van der Waals surface area contributed by atoms with E-state index >= 15 is 0 Å². The molecule has 138 valence electrons. The van der Waals surface area contributed by atoms with Crippen molar-refractivity contribution < 1.29 is 18.0 Å². The molecule has 1 amide bonds. The Hall–Kier alpha value is -2.83. The lowest BCUT2D eigenvalue weighted by Gasteiger charge is -2.12. The number of carbonyl (C=O) groups excluding carboxylic acids is 1. The minimum Gasteiger partial charge on any atom is -0.376 e. The van der Waals surface area contributed by atoms with Gasteiger partial charge in [-0.3, -0.25) is 4.79 Å². The summed E-state index contributed by atoms with van der Waals surface area (Å²) < 4.78 is 38.1. The number of benzene rings is 2. The van der Waals surface area contributed by atoms with Crippen molar-refractivity contribution in [3.63, 3.8) is 0 Å². The summed E-state index contributed by atoms with van der Waals surface area (Å²) in [5.41, 5.74) is 3.50. The molecule has 0 saturated heterocycles. The van der Waals surface area contributed by atoms with Crippen LogP contribution < -0.4 is 10.7 Å². The number of alkyl halides is 3. The molecule has 2 N–H and O–H groups in total. The topological polar surface area (TPSA) is 53.5 Å². The number of anilines is 1. The molecule has 0 atom stereocenters. The second kappa shape index (κ2) is 8.51. The van der Waals surface area contributed by atoms with Crippen LogP contribution in [0.4, 0.5) is 18.9 Å². The second-order valence-electron chi connectivity index (χ2n) is 5.98. The first-order valence-electron chi connectivity index (χ1n) is 8.10. The maximum atomic E-state index is 12.7. The summed E-state index contributed by atoms with van der Waals surface area (Å²) in [6.45, 7) is 3.72. The van der Waals surface area contributed by atoms with Crippen molar-refractivity contribution in [1.82, 2.24) is 5.43 Å². The van der Waals surface area contributed by atoms with Gasteiger partial charge in [0.15, 0.2) is 0 Å². The van der Waals surface area contributed by atoms with Crippen LogP contribution in [0.25, 0.3) is 0 Å². The highest BCUT2D eigenvalue weighted by molar-refractivity contribution is 6.02. The Morgan fingerprint density at radius 3 is 2.38 bits per heavy atom. The molecule has 26 heavy (non-hydrogen) atoms. The van der Waals surface area contributed by atoms with Gasteiger partial charge in [-0.25, -0.2) is 5.43 Å².